The molecule has 0 aliphatic rings. The van der Waals surface area contributed by atoms with E-state index in [1.54, 1.807) is 13.8 Å². The average molecular weight is 293 g/mol. The van der Waals surface area contributed by atoms with Gasteiger partial charge in [0.25, 0.3) is 0 Å². The highest BCUT2D eigenvalue weighted by molar-refractivity contribution is 5.69. The quantitative estimate of drug-likeness (QED) is 0.707. The Morgan fingerprint density at radius 1 is 1.10 bits per heavy atom. The zero-order chi connectivity index (χ0) is 15.5. The molecular formula is C16H23NO4. The molecule has 1 aromatic carbocycles. The van der Waals surface area contributed by atoms with Gasteiger partial charge in [0.15, 0.2) is 0 Å². The molecule has 1 unspecified atom stereocenters. The SMILES string of the molecule is CCOC(=O)CCNC(COC(=O)CC)c1ccccc1. The van der Waals surface area contributed by atoms with Crippen LogP contribution in [0, 0.1) is 0 Å². The van der Waals surface area contributed by atoms with Crippen LogP contribution in [0.1, 0.15) is 38.3 Å². The number of hydrogen-bond acceptors (Lipinski definition) is 5. The van der Waals surface area contributed by atoms with Gasteiger partial charge >= 0.3 is 11.9 Å². The lowest BCUT2D eigenvalue weighted by Gasteiger charge is -2.19. The Labute approximate surface area is 125 Å². The third kappa shape index (κ3) is 6.90. The molecule has 21 heavy (non-hydrogen) atoms. The minimum Gasteiger partial charge on any atom is -0.466 e. The summed E-state index contributed by atoms with van der Waals surface area (Å²) in [6, 6.07) is 9.57. The van der Waals surface area contributed by atoms with Crippen LogP contribution in [0.15, 0.2) is 30.3 Å². The summed E-state index contributed by atoms with van der Waals surface area (Å²) in [6.07, 6.45) is 0.642. The van der Waals surface area contributed by atoms with Crippen LogP contribution in [0.4, 0.5) is 0 Å². The summed E-state index contributed by atoms with van der Waals surface area (Å²) in [4.78, 5) is 22.6. The first-order chi connectivity index (χ1) is 10.2. The molecule has 1 rings (SSSR count). The van der Waals surface area contributed by atoms with Gasteiger partial charge in [0.2, 0.25) is 0 Å². The van der Waals surface area contributed by atoms with Crippen LogP contribution in [0.25, 0.3) is 0 Å². The smallest absolute Gasteiger partial charge is 0.307 e. The fourth-order valence-corrected chi connectivity index (χ4v) is 1.82. The van der Waals surface area contributed by atoms with Crippen molar-refractivity contribution in [1.82, 2.24) is 5.32 Å². The molecule has 0 bridgehead atoms. The Kier molecular flexibility index (Phi) is 8.12. The van der Waals surface area contributed by atoms with Crippen LogP contribution < -0.4 is 5.32 Å². The Balaban J connectivity index is 2.52. The van der Waals surface area contributed by atoms with Gasteiger partial charge in [-0.05, 0) is 12.5 Å². The van der Waals surface area contributed by atoms with Crippen molar-refractivity contribution < 1.29 is 19.1 Å². The number of benzene rings is 1. The third-order valence-corrected chi connectivity index (χ3v) is 2.93. The number of ether oxygens (including phenoxy) is 2. The molecule has 0 heterocycles. The van der Waals surface area contributed by atoms with Gasteiger partial charge in [0.1, 0.15) is 6.61 Å². The van der Waals surface area contributed by atoms with Crippen LogP contribution in [0.3, 0.4) is 0 Å². The number of esters is 2. The molecule has 0 spiro atoms. The summed E-state index contributed by atoms with van der Waals surface area (Å²) >= 11 is 0. The lowest BCUT2D eigenvalue weighted by molar-refractivity contribution is -0.145. The van der Waals surface area contributed by atoms with Crippen molar-refractivity contribution in [2.75, 3.05) is 19.8 Å². The molecule has 0 fully saturated rings. The fourth-order valence-electron chi connectivity index (χ4n) is 1.82. The highest BCUT2D eigenvalue weighted by Gasteiger charge is 2.13. The first kappa shape index (κ1) is 17.2. The van der Waals surface area contributed by atoms with Gasteiger partial charge < -0.3 is 14.8 Å². The minimum absolute atomic E-state index is 0.129. The summed E-state index contributed by atoms with van der Waals surface area (Å²) in [7, 11) is 0. The number of carbonyl (C=O) groups excluding carboxylic acids is 2. The van der Waals surface area contributed by atoms with Gasteiger partial charge in [0.05, 0.1) is 19.1 Å². The van der Waals surface area contributed by atoms with Crippen LogP contribution in [-0.2, 0) is 19.1 Å². The van der Waals surface area contributed by atoms with E-state index in [-0.39, 0.29) is 24.6 Å². The molecule has 1 aromatic rings. The molecule has 0 saturated heterocycles. The summed E-state index contributed by atoms with van der Waals surface area (Å²) in [6.45, 7) is 4.65. The lowest BCUT2D eigenvalue weighted by atomic mass is 10.1. The first-order valence-corrected chi connectivity index (χ1v) is 7.27. The van der Waals surface area contributed by atoms with Gasteiger partial charge in [-0.25, -0.2) is 0 Å². The Hall–Kier alpha value is -1.88. The maximum atomic E-state index is 11.3. The van der Waals surface area contributed by atoms with Crippen LogP contribution >= 0.6 is 0 Å². The number of nitrogens with one attached hydrogen (secondary N) is 1. The van der Waals surface area contributed by atoms with Crippen molar-refractivity contribution in [2.45, 2.75) is 32.7 Å². The van der Waals surface area contributed by atoms with Crippen molar-refractivity contribution in [3.63, 3.8) is 0 Å². The third-order valence-electron chi connectivity index (χ3n) is 2.93. The lowest BCUT2D eigenvalue weighted by Crippen LogP contribution is -2.29. The number of rotatable bonds is 9. The van der Waals surface area contributed by atoms with E-state index in [0.717, 1.165) is 5.56 Å². The van der Waals surface area contributed by atoms with Crippen molar-refractivity contribution in [2.24, 2.45) is 0 Å². The van der Waals surface area contributed by atoms with E-state index in [1.807, 2.05) is 30.3 Å². The topological polar surface area (TPSA) is 64.6 Å². The van der Waals surface area contributed by atoms with Crippen molar-refractivity contribution in [3.05, 3.63) is 35.9 Å². The highest BCUT2D eigenvalue weighted by atomic mass is 16.5. The summed E-state index contributed by atoms with van der Waals surface area (Å²) in [5.74, 6) is -0.467. The van der Waals surface area contributed by atoms with Crippen molar-refractivity contribution >= 4 is 11.9 Å². The molecular weight excluding hydrogens is 270 g/mol. The molecule has 0 amide bonds. The average Bonchev–Trinajstić information content (AvgIpc) is 2.51. The molecule has 0 radical (unpaired) electrons. The second-order valence-electron chi connectivity index (χ2n) is 4.51. The van der Waals surface area contributed by atoms with E-state index in [9.17, 15) is 9.59 Å². The molecule has 5 nitrogen and oxygen atoms in total. The predicted molar refractivity (Wildman–Crippen MR) is 79.7 cm³/mol. The fraction of sp³-hybridized carbons (Fsp3) is 0.500. The Bertz CT molecular complexity index is 433. The van der Waals surface area contributed by atoms with Crippen LogP contribution in [0.2, 0.25) is 0 Å². The molecule has 1 atom stereocenters. The zero-order valence-corrected chi connectivity index (χ0v) is 12.6. The molecule has 0 aliphatic heterocycles. The molecule has 0 aliphatic carbocycles. The van der Waals surface area contributed by atoms with Gasteiger partial charge in [-0.3, -0.25) is 9.59 Å². The molecule has 0 aromatic heterocycles. The van der Waals surface area contributed by atoms with Gasteiger partial charge in [0, 0.05) is 13.0 Å². The van der Waals surface area contributed by atoms with Gasteiger partial charge in [-0.2, -0.15) is 0 Å². The van der Waals surface area contributed by atoms with E-state index in [2.05, 4.69) is 5.32 Å². The second kappa shape index (κ2) is 9.94. The van der Waals surface area contributed by atoms with Gasteiger partial charge in [-0.1, -0.05) is 37.3 Å². The number of carbonyl (C=O) groups is 2. The van der Waals surface area contributed by atoms with E-state index in [0.29, 0.717) is 26.0 Å². The van der Waals surface area contributed by atoms with E-state index in [4.69, 9.17) is 9.47 Å². The standard InChI is InChI=1S/C16H23NO4/c1-3-15(18)21-12-14(13-8-6-5-7-9-13)17-11-10-16(19)20-4-2/h5-9,14,17H,3-4,10-12H2,1-2H3. The summed E-state index contributed by atoms with van der Waals surface area (Å²) < 4.78 is 10.1. The summed E-state index contributed by atoms with van der Waals surface area (Å²) in [5.41, 5.74) is 1.02. The molecule has 0 saturated carbocycles. The monoisotopic (exact) mass is 293 g/mol. The first-order valence-electron chi connectivity index (χ1n) is 7.27. The zero-order valence-electron chi connectivity index (χ0n) is 12.6. The van der Waals surface area contributed by atoms with E-state index < -0.39 is 0 Å². The Morgan fingerprint density at radius 3 is 2.43 bits per heavy atom. The van der Waals surface area contributed by atoms with Crippen molar-refractivity contribution in [1.29, 1.82) is 0 Å². The maximum Gasteiger partial charge on any atom is 0.307 e. The van der Waals surface area contributed by atoms with Crippen LogP contribution in [0.5, 0.6) is 0 Å². The number of hydrogen-bond donors (Lipinski definition) is 1. The summed E-state index contributed by atoms with van der Waals surface area (Å²) in [5, 5.41) is 3.23. The van der Waals surface area contributed by atoms with Crippen LogP contribution in [-0.4, -0.2) is 31.7 Å². The van der Waals surface area contributed by atoms with E-state index in [1.165, 1.54) is 0 Å². The maximum absolute atomic E-state index is 11.3. The minimum atomic E-state index is -0.234. The normalized spacial score (nSPS) is 11.7. The van der Waals surface area contributed by atoms with E-state index >= 15 is 0 Å². The highest BCUT2D eigenvalue weighted by Crippen LogP contribution is 2.13. The molecule has 116 valence electrons. The second-order valence-corrected chi connectivity index (χ2v) is 4.51. The largest absolute Gasteiger partial charge is 0.466 e. The predicted octanol–water partition coefficient (Wildman–Crippen LogP) is 2.22. The molecule has 1 N–H and O–H groups in total. The molecule has 5 heteroatoms. The Morgan fingerprint density at radius 2 is 1.81 bits per heavy atom. The van der Waals surface area contributed by atoms with Crippen molar-refractivity contribution in [3.8, 4) is 0 Å². The van der Waals surface area contributed by atoms with Gasteiger partial charge in [-0.15, -0.1) is 0 Å².